The van der Waals surface area contributed by atoms with Crippen molar-refractivity contribution >= 4 is 0 Å². The van der Waals surface area contributed by atoms with Crippen LogP contribution in [0, 0.1) is 20.8 Å². The topological polar surface area (TPSA) is 0 Å². The van der Waals surface area contributed by atoms with E-state index in [-0.39, 0.29) is 0 Å². The molecule has 0 aliphatic heterocycles. The SMILES string of the molecule is Cc1cccc2c1-c1c(c3c(c4c1Cc1cccc(C)c1-4)Cc1cccc(C)c1-3)C2. The fourth-order valence-corrected chi connectivity index (χ4v) is 6.63. The van der Waals surface area contributed by atoms with Gasteiger partial charge < -0.3 is 0 Å². The van der Waals surface area contributed by atoms with Crippen molar-refractivity contribution in [2.45, 2.75) is 40.0 Å². The summed E-state index contributed by atoms with van der Waals surface area (Å²) in [4.78, 5) is 0. The van der Waals surface area contributed by atoms with E-state index in [0.717, 1.165) is 19.3 Å². The van der Waals surface area contributed by atoms with Crippen LogP contribution >= 0.6 is 0 Å². The molecular weight excluding hydrogens is 360 g/mol. The van der Waals surface area contributed by atoms with Crippen molar-refractivity contribution in [1.29, 1.82) is 0 Å². The summed E-state index contributed by atoms with van der Waals surface area (Å²) in [5.41, 5.74) is 22.8. The molecule has 4 aromatic carbocycles. The van der Waals surface area contributed by atoms with Crippen LogP contribution < -0.4 is 0 Å². The van der Waals surface area contributed by atoms with E-state index in [1.54, 1.807) is 33.4 Å². The second-order valence-electron chi connectivity index (χ2n) is 9.42. The summed E-state index contributed by atoms with van der Waals surface area (Å²) in [7, 11) is 0. The minimum absolute atomic E-state index is 1.07. The molecule has 0 aromatic heterocycles. The molecule has 0 bridgehead atoms. The van der Waals surface area contributed by atoms with E-state index < -0.39 is 0 Å². The number of rotatable bonds is 0. The molecule has 4 aromatic rings. The summed E-state index contributed by atoms with van der Waals surface area (Å²) in [5.74, 6) is 0. The first-order valence-corrected chi connectivity index (χ1v) is 11.1. The highest BCUT2D eigenvalue weighted by atomic mass is 14.4. The molecular formula is C30H24. The highest BCUT2D eigenvalue weighted by molar-refractivity contribution is 6.01. The third-order valence-electron chi connectivity index (χ3n) is 7.74. The summed E-state index contributed by atoms with van der Waals surface area (Å²) < 4.78 is 0. The van der Waals surface area contributed by atoms with E-state index in [1.807, 2.05) is 0 Å². The lowest BCUT2D eigenvalue weighted by molar-refractivity contribution is 1.21. The molecule has 144 valence electrons. The van der Waals surface area contributed by atoms with Gasteiger partial charge in [-0.05, 0) is 123 Å². The second-order valence-corrected chi connectivity index (χ2v) is 9.42. The summed E-state index contributed by atoms with van der Waals surface area (Å²) in [6, 6.07) is 20.6. The minimum Gasteiger partial charge on any atom is -0.0617 e. The van der Waals surface area contributed by atoms with Gasteiger partial charge in [-0.1, -0.05) is 54.6 Å². The third kappa shape index (κ3) is 1.88. The van der Waals surface area contributed by atoms with Gasteiger partial charge in [-0.2, -0.15) is 0 Å². The van der Waals surface area contributed by atoms with Gasteiger partial charge >= 0.3 is 0 Å². The Bertz CT molecular complexity index is 1240. The third-order valence-corrected chi connectivity index (χ3v) is 7.74. The maximum absolute atomic E-state index is 2.35. The summed E-state index contributed by atoms with van der Waals surface area (Å²) in [6.45, 7) is 6.88. The van der Waals surface area contributed by atoms with Crippen LogP contribution in [0.3, 0.4) is 0 Å². The lowest BCUT2D eigenvalue weighted by Crippen LogP contribution is -1.98. The highest BCUT2D eigenvalue weighted by Crippen LogP contribution is 2.57. The van der Waals surface area contributed by atoms with Gasteiger partial charge in [-0.25, -0.2) is 0 Å². The number of hydrogen-bond acceptors (Lipinski definition) is 0. The van der Waals surface area contributed by atoms with Crippen LogP contribution in [0.25, 0.3) is 33.4 Å². The zero-order valence-electron chi connectivity index (χ0n) is 17.8. The van der Waals surface area contributed by atoms with Crippen LogP contribution in [-0.2, 0) is 19.3 Å². The molecule has 0 unspecified atom stereocenters. The van der Waals surface area contributed by atoms with Crippen LogP contribution in [0.5, 0.6) is 0 Å². The number of benzene rings is 4. The monoisotopic (exact) mass is 384 g/mol. The van der Waals surface area contributed by atoms with Crippen molar-refractivity contribution in [3.63, 3.8) is 0 Å². The Morgan fingerprint density at radius 3 is 1.00 bits per heavy atom. The lowest BCUT2D eigenvalue weighted by Gasteiger charge is -2.18. The van der Waals surface area contributed by atoms with E-state index in [2.05, 4.69) is 75.4 Å². The molecule has 3 aliphatic rings. The van der Waals surface area contributed by atoms with Crippen molar-refractivity contribution in [3.8, 4) is 33.4 Å². The van der Waals surface area contributed by atoms with Crippen LogP contribution in [0.2, 0.25) is 0 Å². The van der Waals surface area contributed by atoms with Crippen molar-refractivity contribution < 1.29 is 0 Å². The van der Waals surface area contributed by atoms with Gasteiger partial charge in [0.05, 0.1) is 0 Å². The maximum atomic E-state index is 2.35. The summed E-state index contributed by atoms with van der Waals surface area (Å²) in [6.07, 6.45) is 3.22. The molecule has 7 rings (SSSR count). The number of fused-ring (bicyclic) bond motifs is 12. The Labute approximate surface area is 178 Å². The average molecular weight is 385 g/mol. The Balaban J connectivity index is 1.68. The van der Waals surface area contributed by atoms with E-state index in [4.69, 9.17) is 0 Å². The Hall–Kier alpha value is -3.12. The first-order valence-electron chi connectivity index (χ1n) is 11.1. The van der Waals surface area contributed by atoms with Gasteiger partial charge in [0.25, 0.3) is 0 Å². The zero-order valence-corrected chi connectivity index (χ0v) is 17.8. The Kier molecular flexibility index (Phi) is 3.06. The van der Waals surface area contributed by atoms with Crippen molar-refractivity contribution in [3.05, 3.63) is 105 Å². The molecule has 0 spiro atoms. The van der Waals surface area contributed by atoms with Gasteiger partial charge in [0.15, 0.2) is 0 Å². The van der Waals surface area contributed by atoms with Crippen molar-refractivity contribution in [1.82, 2.24) is 0 Å². The first-order chi connectivity index (χ1) is 14.6. The van der Waals surface area contributed by atoms with E-state index in [0.29, 0.717) is 0 Å². The smallest absolute Gasteiger partial charge is 0.000696 e. The molecule has 0 N–H and O–H groups in total. The Morgan fingerprint density at radius 2 is 0.700 bits per heavy atom. The molecule has 0 saturated carbocycles. The number of hydrogen-bond donors (Lipinski definition) is 0. The standard InChI is InChI=1S/C30H24/c1-16-7-4-10-19-13-22-28(25(16)19)23-14-20-11-5-8-17(2)26(20)30(23)24-15-21-12-6-9-18(3)27(21)29(22)24/h4-12H,13-15H2,1-3H3. The fourth-order valence-electron chi connectivity index (χ4n) is 6.63. The molecule has 30 heavy (non-hydrogen) atoms. The zero-order chi connectivity index (χ0) is 20.1. The summed E-state index contributed by atoms with van der Waals surface area (Å²) >= 11 is 0. The van der Waals surface area contributed by atoms with Crippen molar-refractivity contribution in [2.75, 3.05) is 0 Å². The van der Waals surface area contributed by atoms with Crippen LogP contribution in [-0.4, -0.2) is 0 Å². The molecule has 0 radical (unpaired) electrons. The fraction of sp³-hybridized carbons (Fsp3) is 0.200. The molecule has 0 amide bonds. The molecule has 0 heteroatoms. The van der Waals surface area contributed by atoms with Crippen molar-refractivity contribution in [2.24, 2.45) is 0 Å². The normalized spacial score (nSPS) is 14.1. The Morgan fingerprint density at radius 1 is 0.400 bits per heavy atom. The van der Waals surface area contributed by atoms with E-state index >= 15 is 0 Å². The van der Waals surface area contributed by atoms with E-state index in [1.165, 1.54) is 50.1 Å². The second kappa shape index (κ2) is 5.52. The van der Waals surface area contributed by atoms with Gasteiger partial charge in [0.1, 0.15) is 0 Å². The van der Waals surface area contributed by atoms with Gasteiger partial charge in [-0.3, -0.25) is 0 Å². The quantitative estimate of drug-likeness (QED) is 0.257. The molecule has 0 fully saturated rings. The van der Waals surface area contributed by atoms with E-state index in [9.17, 15) is 0 Å². The summed E-state index contributed by atoms with van der Waals surface area (Å²) in [5, 5.41) is 0. The lowest BCUT2D eigenvalue weighted by atomic mass is 9.84. The van der Waals surface area contributed by atoms with Gasteiger partial charge in [0.2, 0.25) is 0 Å². The first kappa shape index (κ1) is 16.7. The predicted molar refractivity (Wildman–Crippen MR) is 125 cm³/mol. The van der Waals surface area contributed by atoms with Gasteiger partial charge in [0, 0.05) is 0 Å². The maximum Gasteiger partial charge on any atom is -0.000696 e. The van der Waals surface area contributed by atoms with Crippen LogP contribution in [0.15, 0.2) is 54.6 Å². The average Bonchev–Trinajstić information content (AvgIpc) is 3.39. The number of aryl methyl sites for hydroxylation is 3. The minimum atomic E-state index is 1.07. The molecule has 0 saturated heterocycles. The molecule has 0 atom stereocenters. The molecule has 0 nitrogen and oxygen atoms in total. The van der Waals surface area contributed by atoms with Gasteiger partial charge in [-0.15, -0.1) is 0 Å². The largest absolute Gasteiger partial charge is 0.0617 e. The molecule has 0 heterocycles. The highest BCUT2D eigenvalue weighted by Gasteiger charge is 2.38. The van der Waals surface area contributed by atoms with Crippen LogP contribution in [0.1, 0.15) is 50.1 Å². The molecule has 3 aliphatic carbocycles. The van der Waals surface area contributed by atoms with Crippen LogP contribution in [0.4, 0.5) is 0 Å². The predicted octanol–water partition coefficient (Wildman–Crippen LogP) is 7.33.